The van der Waals surface area contributed by atoms with Crippen molar-refractivity contribution < 1.29 is 14.3 Å². The molecule has 0 aromatic heterocycles. The average Bonchev–Trinajstić information content (AvgIpc) is 2.47. The number of ether oxygens (including phenoxy) is 1. The third kappa shape index (κ3) is 6.22. The molecule has 1 saturated heterocycles. The van der Waals surface area contributed by atoms with Gasteiger partial charge in [0.1, 0.15) is 0 Å². The van der Waals surface area contributed by atoms with E-state index in [1.54, 1.807) is 7.11 Å². The summed E-state index contributed by atoms with van der Waals surface area (Å²) >= 11 is 0. The molecule has 3 amide bonds. The van der Waals surface area contributed by atoms with Crippen molar-refractivity contribution in [1.82, 2.24) is 15.5 Å². The largest absolute Gasteiger partial charge is 0.383 e. The minimum absolute atomic E-state index is 0.0106. The molecule has 6 nitrogen and oxygen atoms in total. The Morgan fingerprint density at radius 2 is 2.05 bits per heavy atom. The highest BCUT2D eigenvalue weighted by Gasteiger charge is 2.31. The van der Waals surface area contributed by atoms with E-state index in [9.17, 15) is 9.59 Å². The lowest BCUT2D eigenvalue weighted by Gasteiger charge is -2.38. The molecule has 128 valence electrons. The van der Waals surface area contributed by atoms with E-state index in [1.165, 1.54) is 0 Å². The standard InChI is InChI=1S/C16H31N3O3/c1-5-13-11-19(16(21)18-12(2)3)8-6-14(13)10-15(20)17-7-9-22-4/h12-14H,5-11H2,1-4H3,(H,17,20)(H,18,21)/t13-,14-/m0/s1. The molecule has 1 heterocycles. The van der Waals surface area contributed by atoms with Gasteiger partial charge in [0.15, 0.2) is 0 Å². The smallest absolute Gasteiger partial charge is 0.317 e. The lowest BCUT2D eigenvalue weighted by Crippen LogP contribution is -2.50. The maximum atomic E-state index is 12.1. The monoisotopic (exact) mass is 313 g/mol. The van der Waals surface area contributed by atoms with Crippen LogP contribution in [-0.4, -0.2) is 56.2 Å². The van der Waals surface area contributed by atoms with Crippen LogP contribution in [0.5, 0.6) is 0 Å². The van der Waals surface area contributed by atoms with Gasteiger partial charge in [0, 0.05) is 39.2 Å². The van der Waals surface area contributed by atoms with E-state index in [1.807, 2.05) is 18.7 Å². The Hall–Kier alpha value is -1.30. The lowest BCUT2D eigenvalue weighted by atomic mass is 9.81. The van der Waals surface area contributed by atoms with Gasteiger partial charge in [-0.3, -0.25) is 4.79 Å². The molecule has 22 heavy (non-hydrogen) atoms. The molecule has 0 aromatic carbocycles. The first-order valence-corrected chi connectivity index (χ1v) is 8.29. The molecule has 0 bridgehead atoms. The van der Waals surface area contributed by atoms with Gasteiger partial charge in [0.05, 0.1) is 6.61 Å². The van der Waals surface area contributed by atoms with Crippen molar-refractivity contribution in [3.05, 3.63) is 0 Å². The Bertz CT molecular complexity index is 361. The molecule has 2 atom stereocenters. The zero-order valence-electron chi connectivity index (χ0n) is 14.4. The average molecular weight is 313 g/mol. The lowest BCUT2D eigenvalue weighted by molar-refractivity contribution is -0.123. The van der Waals surface area contributed by atoms with E-state index >= 15 is 0 Å². The molecule has 0 aromatic rings. The number of methoxy groups -OCH3 is 1. The van der Waals surface area contributed by atoms with Gasteiger partial charge in [-0.15, -0.1) is 0 Å². The number of likely N-dealkylation sites (tertiary alicyclic amines) is 1. The van der Waals surface area contributed by atoms with Crippen LogP contribution in [0.4, 0.5) is 4.79 Å². The van der Waals surface area contributed by atoms with E-state index in [2.05, 4.69) is 17.6 Å². The van der Waals surface area contributed by atoms with Crippen molar-refractivity contribution in [3.8, 4) is 0 Å². The van der Waals surface area contributed by atoms with E-state index in [-0.39, 0.29) is 18.0 Å². The summed E-state index contributed by atoms with van der Waals surface area (Å²) < 4.78 is 4.93. The minimum atomic E-state index is 0.0106. The van der Waals surface area contributed by atoms with Crippen molar-refractivity contribution in [2.45, 2.75) is 46.1 Å². The first-order chi connectivity index (χ1) is 10.5. The molecule has 1 aliphatic rings. The van der Waals surface area contributed by atoms with Crippen LogP contribution in [0.2, 0.25) is 0 Å². The Kier molecular flexibility index (Phi) is 8.24. The maximum Gasteiger partial charge on any atom is 0.317 e. The molecule has 0 radical (unpaired) electrons. The summed E-state index contributed by atoms with van der Waals surface area (Å²) in [5.41, 5.74) is 0. The maximum absolute atomic E-state index is 12.1. The molecule has 0 saturated carbocycles. The fourth-order valence-corrected chi connectivity index (χ4v) is 2.94. The number of carbonyl (C=O) groups excluding carboxylic acids is 2. The first kappa shape index (κ1) is 18.7. The van der Waals surface area contributed by atoms with Gasteiger partial charge < -0.3 is 20.3 Å². The van der Waals surface area contributed by atoms with E-state index in [4.69, 9.17) is 4.74 Å². The van der Waals surface area contributed by atoms with Gasteiger partial charge in [-0.05, 0) is 32.1 Å². The summed E-state index contributed by atoms with van der Waals surface area (Å²) in [6.07, 6.45) is 2.42. The third-order valence-electron chi connectivity index (χ3n) is 4.19. The highest BCUT2D eigenvalue weighted by atomic mass is 16.5. The Morgan fingerprint density at radius 1 is 1.32 bits per heavy atom. The van der Waals surface area contributed by atoms with Crippen molar-refractivity contribution in [3.63, 3.8) is 0 Å². The molecule has 0 aliphatic carbocycles. The number of urea groups is 1. The summed E-state index contributed by atoms with van der Waals surface area (Å²) in [5.74, 6) is 0.830. The van der Waals surface area contributed by atoms with Crippen molar-refractivity contribution in [2.75, 3.05) is 33.4 Å². The Morgan fingerprint density at radius 3 is 2.64 bits per heavy atom. The molecule has 0 unspecified atom stereocenters. The van der Waals surface area contributed by atoms with Gasteiger partial charge in [0.2, 0.25) is 5.91 Å². The second kappa shape index (κ2) is 9.66. The van der Waals surface area contributed by atoms with Gasteiger partial charge in [-0.1, -0.05) is 13.3 Å². The molecule has 1 rings (SSSR count). The number of hydrogen-bond donors (Lipinski definition) is 2. The summed E-state index contributed by atoms with van der Waals surface area (Å²) in [4.78, 5) is 25.9. The summed E-state index contributed by atoms with van der Waals surface area (Å²) in [6.45, 7) is 8.62. The molecule has 2 N–H and O–H groups in total. The summed E-state index contributed by atoms with van der Waals surface area (Å²) in [5, 5.41) is 5.82. The van der Waals surface area contributed by atoms with E-state index in [0.717, 1.165) is 25.9 Å². The van der Waals surface area contributed by atoms with Gasteiger partial charge in [0.25, 0.3) is 0 Å². The summed E-state index contributed by atoms with van der Waals surface area (Å²) in [7, 11) is 1.62. The zero-order chi connectivity index (χ0) is 16.5. The van der Waals surface area contributed by atoms with Crippen molar-refractivity contribution in [2.24, 2.45) is 11.8 Å². The van der Waals surface area contributed by atoms with Crippen molar-refractivity contribution >= 4 is 11.9 Å². The highest BCUT2D eigenvalue weighted by molar-refractivity contribution is 5.76. The Labute approximate surface area is 134 Å². The molecule has 1 fully saturated rings. The van der Waals surface area contributed by atoms with Crippen LogP contribution in [0.3, 0.4) is 0 Å². The second-order valence-corrected chi connectivity index (χ2v) is 6.31. The normalized spacial score (nSPS) is 21.8. The van der Waals surface area contributed by atoms with Gasteiger partial charge in [-0.2, -0.15) is 0 Å². The summed E-state index contributed by atoms with van der Waals surface area (Å²) in [6, 6.07) is 0.160. The first-order valence-electron chi connectivity index (χ1n) is 8.29. The van der Waals surface area contributed by atoms with Gasteiger partial charge in [-0.25, -0.2) is 4.79 Å². The Balaban J connectivity index is 2.45. The molecular formula is C16H31N3O3. The number of hydrogen-bond acceptors (Lipinski definition) is 3. The molecule has 0 spiro atoms. The van der Waals surface area contributed by atoms with Crippen LogP contribution in [0, 0.1) is 11.8 Å². The molecular weight excluding hydrogens is 282 g/mol. The number of rotatable bonds is 7. The van der Waals surface area contributed by atoms with Crippen LogP contribution in [0.1, 0.15) is 40.0 Å². The van der Waals surface area contributed by atoms with Crippen LogP contribution in [-0.2, 0) is 9.53 Å². The number of amides is 3. The predicted octanol–water partition coefficient (Wildman–Crippen LogP) is 1.61. The fraction of sp³-hybridized carbons (Fsp3) is 0.875. The fourth-order valence-electron chi connectivity index (χ4n) is 2.94. The van der Waals surface area contributed by atoms with Crippen LogP contribution >= 0.6 is 0 Å². The molecule has 1 aliphatic heterocycles. The van der Waals surface area contributed by atoms with E-state index in [0.29, 0.717) is 31.4 Å². The van der Waals surface area contributed by atoms with Crippen LogP contribution < -0.4 is 10.6 Å². The van der Waals surface area contributed by atoms with Crippen LogP contribution in [0.25, 0.3) is 0 Å². The highest BCUT2D eigenvalue weighted by Crippen LogP contribution is 2.29. The van der Waals surface area contributed by atoms with Crippen molar-refractivity contribution in [1.29, 1.82) is 0 Å². The van der Waals surface area contributed by atoms with Gasteiger partial charge >= 0.3 is 6.03 Å². The number of nitrogens with one attached hydrogen (secondary N) is 2. The number of carbonyl (C=O) groups is 2. The third-order valence-corrected chi connectivity index (χ3v) is 4.19. The number of nitrogens with zero attached hydrogens (tertiary/aromatic N) is 1. The zero-order valence-corrected chi connectivity index (χ0v) is 14.4. The number of piperidine rings is 1. The van der Waals surface area contributed by atoms with E-state index < -0.39 is 0 Å². The quantitative estimate of drug-likeness (QED) is 0.702. The minimum Gasteiger partial charge on any atom is -0.383 e. The predicted molar refractivity (Wildman–Crippen MR) is 86.6 cm³/mol. The SMILES string of the molecule is CC[C@H]1CN(C(=O)NC(C)C)CC[C@H]1CC(=O)NCCOC. The topological polar surface area (TPSA) is 70.7 Å². The molecule has 6 heteroatoms. The van der Waals surface area contributed by atoms with Crippen LogP contribution in [0.15, 0.2) is 0 Å². The second-order valence-electron chi connectivity index (χ2n) is 6.31.